The lowest BCUT2D eigenvalue weighted by Gasteiger charge is -2.29. The highest BCUT2D eigenvalue weighted by molar-refractivity contribution is 6.30. The molecule has 7 heteroatoms. The summed E-state index contributed by atoms with van der Waals surface area (Å²) in [6, 6.07) is 27.6. The van der Waals surface area contributed by atoms with E-state index in [1.54, 1.807) is 44.3 Å². The fourth-order valence-corrected chi connectivity index (χ4v) is 4.22. The fraction of sp³-hybridized carbons (Fsp3) is 0.167. The van der Waals surface area contributed by atoms with Crippen molar-refractivity contribution in [3.8, 4) is 0 Å². The van der Waals surface area contributed by atoms with Crippen LogP contribution in [-0.2, 0) is 16.0 Å². The van der Waals surface area contributed by atoms with E-state index in [0.29, 0.717) is 16.3 Å². The lowest BCUT2D eigenvalue weighted by atomic mass is 10.0. The molecule has 4 aromatic rings. The van der Waals surface area contributed by atoms with E-state index in [9.17, 15) is 14.4 Å². The minimum absolute atomic E-state index is 0.240. The number of fused-ring (bicyclic) bond motifs is 1. The third-order valence-electron chi connectivity index (χ3n) is 6.34. The molecule has 0 saturated carbocycles. The van der Waals surface area contributed by atoms with Gasteiger partial charge in [-0.1, -0.05) is 78.3 Å². The van der Waals surface area contributed by atoms with Gasteiger partial charge in [-0.2, -0.15) is 0 Å². The Hall–Kier alpha value is -4.16. The summed E-state index contributed by atoms with van der Waals surface area (Å²) in [6.07, 6.45) is 0.240. The summed E-state index contributed by atoms with van der Waals surface area (Å²) in [5.74, 6) is -1.06. The van der Waals surface area contributed by atoms with Crippen molar-refractivity contribution in [1.82, 2.24) is 10.2 Å². The summed E-state index contributed by atoms with van der Waals surface area (Å²) in [5.41, 5.74) is 1.95. The Morgan fingerprint density at radius 1 is 0.838 bits per heavy atom. The maximum atomic E-state index is 13.6. The molecule has 0 aliphatic rings. The third-order valence-corrected chi connectivity index (χ3v) is 6.59. The number of halogens is 1. The first-order valence-corrected chi connectivity index (χ1v) is 12.4. The molecular formula is C30H28ClN3O3. The van der Waals surface area contributed by atoms with Crippen LogP contribution in [0.3, 0.4) is 0 Å². The van der Waals surface area contributed by atoms with Crippen LogP contribution in [0.5, 0.6) is 0 Å². The molecule has 0 radical (unpaired) electrons. The predicted molar refractivity (Wildman–Crippen MR) is 148 cm³/mol. The third kappa shape index (κ3) is 6.35. The zero-order chi connectivity index (χ0) is 26.4. The van der Waals surface area contributed by atoms with Crippen LogP contribution in [0.15, 0.2) is 97.1 Å². The Morgan fingerprint density at radius 2 is 1.49 bits per heavy atom. The molecule has 0 aromatic heterocycles. The number of hydrogen-bond donors (Lipinski definition) is 2. The summed E-state index contributed by atoms with van der Waals surface area (Å²) < 4.78 is 0. The molecular weight excluding hydrogens is 486 g/mol. The van der Waals surface area contributed by atoms with Gasteiger partial charge in [0, 0.05) is 29.7 Å². The highest BCUT2D eigenvalue weighted by atomic mass is 35.5. The second-order valence-corrected chi connectivity index (χ2v) is 9.30. The lowest BCUT2D eigenvalue weighted by Crippen LogP contribution is -2.53. The number of para-hydroxylation sites is 1. The molecule has 4 rings (SSSR count). The van der Waals surface area contributed by atoms with Gasteiger partial charge in [0.05, 0.1) is 0 Å². The Balaban J connectivity index is 1.57. The van der Waals surface area contributed by atoms with E-state index in [1.807, 2.05) is 66.7 Å². The van der Waals surface area contributed by atoms with Gasteiger partial charge < -0.3 is 15.5 Å². The monoisotopic (exact) mass is 513 g/mol. The summed E-state index contributed by atoms with van der Waals surface area (Å²) in [6.45, 7) is 1.65. The van der Waals surface area contributed by atoms with Crippen molar-refractivity contribution in [3.05, 3.63) is 113 Å². The van der Waals surface area contributed by atoms with Crippen LogP contribution in [0.2, 0.25) is 5.02 Å². The lowest BCUT2D eigenvalue weighted by molar-refractivity contribution is -0.138. The van der Waals surface area contributed by atoms with Crippen LogP contribution in [0.1, 0.15) is 22.8 Å². The fourth-order valence-electron chi connectivity index (χ4n) is 4.10. The van der Waals surface area contributed by atoms with Gasteiger partial charge in [0.1, 0.15) is 12.1 Å². The van der Waals surface area contributed by atoms with Crippen LogP contribution in [0.4, 0.5) is 5.69 Å². The first-order valence-electron chi connectivity index (χ1n) is 12.0. The van der Waals surface area contributed by atoms with Crippen LogP contribution >= 0.6 is 11.6 Å². The Kier molecular flexibility index (Phi) is 8.21. The average Bonchev–Trinajstić information content (AvgIpc) is 2.92. The maximum absolute atomic E-state index is 13.6. The molecule has 0 bridgehead atoms. The topological polar surface area (TPSA) is 78.5 Å². The first-order chi connectivity index (χ1) is 17.8. The first kappa shape index (κ1) is 25.9. The van der Waals surface area contributed by atoms with Gasteiger partial charge in [0.15, 0.2) is 0 Å². The smallest absolute Gasteiger partial charge is 0.252 e. The molecule has 0 aliphatic heterocycles. The number of rotatable bonds is 8. The zero-order valence-electron chi connectivity index (χ0n) is 20.6. The van der Waals surface area contributed by atoms with Crippen molar-refractivity contribution in [2.24, 2.45) is 0 Å². The van der Waals surface area contributed by atoms with Crippen molar-refractivity contribution in [3.63, 3.8) is 0 Å². The van der Waals surface area contributed by atoms with Crippen molar-refractivity contribution < 1.29 is 14.4 Å². The Morgan fingerprint density at radius 3 is 2.22 bits per heavy atom. The maximum Gasteiger partial charge on any atom is 0.252 e. The second-order valence-electron chi connectivity index (χ2n) is 8.86. The van der Waals surface area contributed by atoms with E-state index < -0.39 is 12.1 Å². The van der Waals surface area contributed by atoms with E-state index in [1.165, 1.54) is 4.90 Å². The van der Waals surface area contributed by atoms with E-state index in [4.69, 9.17) is 11.6 Å². The van der Waals surface area contributed by atoms with E-state index in [0.717, 1.165) is 16.3 Å². The summed E-state index contributed by atoms with van der Waals surface area (Å²) in [4.78, 5) is 41.3. The number of amides is 3. The van der Waals surface area contributed by atoms with Crippen molar-refractivity contribution in [2.45, 2.75) is 25.4 Å². The minimum Gasteiger partial charge on any atom is -0.340 e. The second kappa shape index (κ2) is 11.7. The van der Waals surface area contributed by atoms with Gasteiger partial charge in [0.25, 0.3) is 5.91 Å². The molecule has 0 heterocycles. The predicted octanol–water partition coefficient (Wildman–Crippen LogP) is 5.32. The van der Waals surface area contributed by atoms with Gasteiger partial charge in [-0.05, 0) is 53.6 Å². The quantitative estimate of drug-likeness (QED) is 0.335. The summed E-state index contributed by atoms with van der Waals surface area (Å²) in [7, 11) is 1.57. The number of nitrogens with one attached hydrogen (secondary N) is 2. The molecule has 6 nitrogen and oxygen atoms in total. The van der Waals surface area contributed by atoms with Crippen molar-refractivity contribution in [2.75, 3.05) is 12.4 Å². The number of nitrogens with zero attached hydrogens (tertiary/aromatic N) is 1. The van der Waals surface area contributed by atoms with Crippen molar-refractivity contribution in [1.29, 1.82) is 0 Å². The van der Waals surface area contributed by atoms with Crippen LogP contribution in [0, 0.1) is 0 Å². The van der Waals surface area contributed by atoms with Crippen LogP contribution in [0.25, 0.3) is 10.8 Å². The van der Waals surface area contributed by atoms with E-state index >= 15 is 0 Å². The normalized spacial score (nSPS) is 12.4. The van der Waals surface area contributed by atoms with Crippen molar-refractivity contribution >= 4 is 45.8 Å². The summed E-state index contributed by atoms with van der Waals surface area (Å²) in [5, 5.41) is 8.05. The number of likely N-dealkylation sites (N-methyl/N-ethyl adjacent to an activating group) is 1. The molecule has 0 spiro atoms. The van der Waals surface area contributed by atoms with Crippen LogP contribution < -0.4 is 10.6 Å². The highest BCUT2D eigenvalue weighted by Gasteiger charge is 2.30. The SMILES string of the molecule is C[C@@H](C(=O)Nc1ccccc1)N(C)C(=O)C(Cc1ccc(Cl)cc1)NC(=O)c1cccc2ccccc12. The number of carbonyl (C=O) groups excluding carboxylic acids is 3. The van der Waals surface area contributed by atoms with Gasteiger partial charge in [-0.25, -0.2) is 0 Å². The minimum atomic E-state index is -0.899. The number of hydrogen-bond acceptors (Lipinski definition) is 3. The van der Waals surface area contributed by atoms with Gasteiger partial charge in [-0.3, -0.25) is 14.4 Å². The molecule has 0 saturated heterocycles. The van der Waals surface area contributed by atoms with E-state index in [-0.39, 0.29) is 24.1 Å². The Labute approximate surface area is 221 Å². The Bertz CT molecular complexity index is 1400. The summed E-state index contributed by atoms with van der Waals surface area (Å²) >= 11 is 6.03. The molecule has 188 valence electrons. The molecule has 37 heavy (non-hydrogen) atoms. The van der Waals surface area contributed by atoms with Gasteiger partial charge in [-0.15, -0.1) is 0 Å². The van der Waals surface area contributed by atoms with Crippen LogP contribution in [-0.4, -0.2) is 41.8 Å². The molecule has 0 aliphatic carbocycles. The average molecular weight is 514 g/mol. The van der Waals surface area contributed by atoms with Gasteiger partial charge in [0.2, 0.25) is 11.8 Å². The molecule has 3 amide bonds. The molecule has 1 unspecified atom stereocenters. The highest BCUT2D eigenvalue weighted by Crippen LogP contribution is 2.19. The number of carbonyl (C=O) groups is 3. The number of anilines is 1. The number of benzene rings is 4. The molecule has 4 aromatic carbocycles. The molecule has 0 fully saturated rings. The zero-order valence-corrected chi connectivity index (χ0v) is 21.4. The van der Waals surface area contributed by atoms with Gasteiger partial charge >= 0.3 is 0 Å². The molecule has 2 atom stereocenters. The largest absolute Gasteiger partial charge is 0.340 e. The molecule has 2 N–H and O–H groups in total. The standard InChI is InChI=1S/C30H28ClN3O3/c1-20(28(35)32-24-11-4-3-5-12-24)34(2)30(37)27(19-21-15-17-23(31)18-16-21)33-29(36)26-14-8-10-22-9-6-7-13-25(22)26/h3-18,20,27H,19H2,1-2H3,(H,32,35)(H,33,36)/t20-,27?/m0/s1. The van der Waals surface area contributed by atoms with E-state index in [2.05, 4.69) is 10.6 Å².